The highest BCUT2D eigenvalue weighted by Crippen LogP contribution is 2.40. The predicted molar refractivity (Wildman–Crippen MR) is 72.5 cm³/mol. The van der Waals surface area contributed by atoms with Crippen molar-refractivity contribution in [2.24, 2.45) is 0 Å². The van der Waals surface area contributed by atoms with Crippen LogP contribution in [0.1, 0.15) is 20.3 Å². The van der Waals surface area contributed by atoms with Gasteiger partial charge in [-0.2, -0.15) is 0 Å². The average molecular weight is 248 g/mol. The molecule has 0 aliphatic carbocycles. The molecule has 3 rings (SSSR count). The summed E-state index contributed by atoms with van der Waals surface area (Å²) in [5.74, 6) is 0.920. The lowest BCUT2D eigenvalue weighted by molar-refractivity contribution is 0.183. The summed E-state index contributed by atoms with van der Waals surface area (Å²) in [5, 5.41) is 7.12. The molecule has 1 unspecified atom stereocenters. The molecular weight excluding hydrogens is 228 g/mol. The lowest BCUT2D eigenvalue weighted by Crippen LogP contribution is -2.48. The standard InChI is InChI=1S/C14H20N2O2/c1-10(2)18-12-5-3-4-11-13(12)15-8-14(16-11)6-7-17-9-14/h3-5,10,15-16H,6-9H2,1-2H3. The summed E-state index contributed by atoms with van der Waals surface area (Å²) in [4.78, 5) is 0. The second kappa shape index (κ2) is 4.35. The average Bonchev–Trinajstić information content (AvgIpc) is 2.76. The van der Waals surface area contributed by atoms with E-state index in [1.165, 1.54) is 0 Å². The molecule has 2 heterocycles. The van der Waals surface area contributed by atoms with E-state index in [9.17, 15) is 0 Å². The van der Waals surface area contributed by atoms with Crippen molar-refractivity contribution in [3.8, 4) is 5.75 Å². The minimum atomic E-state index is 0.0590. The minimum Gasteiger partial charge on any atom is -0.489 e. The van der Waals surface area contributed by atoms with Crippen molar-refractivity contribution in [3.05, 3.63) is 18.2 Å². The van der Waals surface area contributed by atoms with Crippen LogP contribution in [-0.4, -0.2) is 31.4 Å². The second-order valence-corrected chi connectivity index (χ2v) is 5.41. The number of benzene rings is 1. The quantitative estimate of drug-likeness (QED) is 0.843. The van der Waals surface area contributed by atoms with Gasteiger partial charge in [-0.1, -0.05) is 6.07 Å². The van der Waals surface area contributed by atoms with Gasteiger partial charge >= 0.3 is 0 Å². The Bertz CT molecular complexity index is 439. The molecular formula is C14H20N2O2. The first kappa shape index (κ1) is 11.7. The summed E-state index contributed by atoms with van der Waals surface area (Å²) in [6.07, 6.45) is 1.23. The van der Waals surface area contributed by atoms with Gasteiger partial charge in [0.25, 0.3) is 0 Å². The van der Waals surface area contributed by atoms with Gasteiger partial charge < -0.3 is 20.1 Å². The lowest BCUT2D eigenvalue weighted by Gasteiger charge is -2.37. The van der Waals surface area contributed by atoms with E-state index in [1.54, 1.807) is 0 Å². The number of hydrogen-bond acceptors (Lipinski definition) is 4. The Morgan fingerprint density at radius 2 is 2.28 bits per heavy atom. The molecule has 1 aromatic rings. The first-order valence-electron chi connectivity index (χ1n) is 6.58. The van der Waals surface area contributed by atoms with E-state index >= 15 is 0 Å². The molecule has 0 radical (unpaired) electrons. The van der Waals surface area contributed by atoms with Crippen molar-refractivity contribution in [3.63, 3.8) is 0 Å². The summed E-state index contributed by atoms with van der Waals surface area (Å²) >= 11 is 0. The Morgan fingerprint density at radius 1 is 1.39 bits per heavy atom. The summed E-state index contributed by atoms with van der Waals surface area (Å²) in [6, 6.07) is 6.13. The molecule has 1 fully saturated rings. The molecule has 0 saturated carbocycles. The number of anilines is 2. The molecule has 4 heteroatoms. The van der Waals surface area contributed by atoms with E-state index in [0.717, 1.165) is 43.3 Å². The maximum atomic E-state index is 5.83. The number of ether oxygens (including phenoxy) is 2. The molecule has 4 nitrogen and oxygen atoms in total. The van der Waals surface area contributed by atoms with Crippen LogP contribution in [0, 0.1) is 0 Å². The van der Waals surface area contributed by atoms with Crippen molar-refractivity contribution in [1.82, 2.24) is 0 Å². The third-order valence-electron chi connectivity index (χ3n) is 3.50. The molecule has 98 valence electrons. The van der Waals surface area contributed by atoms with Crippen LogP contribution in [0.15, 0.2) is 18.2 Å². The zero-order valence-corrected chi connectivity index (χ0v) is 11.0. The van der Waals surface area contributed by atoms with E-state index in [2.05, 4.69) is 16.7 Å². The Kier molecular flexibility index (Phi) is 2.82. The van der Waals surface area contributed by atoms with Crippen LogP contribution in [0.4, 0.5) is 11.4 Å². The van der Waals surface area contributed by atoms with Gasteiger partial charge in [0.15, 0.2) is 0 Å². The van der Waals surface area contributed by atoms with Crippen LogP contribution in [-0.2, 0) is 4.74 Å². The first-order chi connectivity index (χ1) is 8.69. The van der Waals surface area contributed by atoms with Crippen LogP contribution in [0.2, 0.25) is 0 Å². The number of para-hydroxylation sites is 1. The Balaban J connectivity index is 1.88. The maximum Gasteiger partial charge on any atom is 0.144 e. The van der Waals surface area contributed by atoms with Gasteiger partial charge in [-0.25, -0.2) is 0 Å². The summed E-state index contributed by atoms with van der Waals surface area (Å²) < 4.78 is 11.3. The molecule has 18 heavy (non-hydrogen) atoms. The van der Waals surface area contributed by atoms with Crippen LogP contribution in [0.3, 0.4) is 0 Å². The molecule has 2 aliphatic heterocycles. The Hall–Kier alpha value is -1.42. The third kappa shape index (κ3) is 2.01. The van der Waals surface area contributed by atoms with Crippen LogP contribution < -0.4 is 15.4 Å². The SMILES string of the molecule is CC(C)Oc1cccc2c1NCC1(CCOC1)N2. The first-order valence-corrected chi connectivity index (χ1v) is 6.58. The van der Waals surface area contributed by atoms with Crippen LogP contribution >= 0.6 is 0 Å². The predicted octanol–water partition coefficient (Wildman–Crippen LogP) is 2.47. The molecule has 0 aromatic heterocycles. The molecule has 0 amide bonds. The fourth-order valence-corrected chi connectivity index (χ4v) is 2.60. The van der Waals surface area contributed by atoms with Gasteiger partial charge in [0.1, 0.15) is 11.4 Å². The highest BCUT2D eigenvalue weighted by atomic mass is 16.5. The van der Waals surface area contributed by atoms with Crippen molar-refractivity contribution in [1.29, 1.82) is 0 Å². The minimum absolute atomic E-state index is 0.0590. The highest BCUT2D eigenvalue weighted by Gasteiger charge is 2.38. The number of hydrogen-bond donors (Lipinski definition) is 2. The molecule has 2 aliphatic rings. The molecule has 1 spiro atoms. The van der Waals surface area contributed by atoms with Crippen LogP contribution in [0.5, 0.6) is 5.75 Å². The number of nitrogens with one attached hydrogen (secondary N) is 2. The largest absolute Gasteiger partial charge is 0.489 e. The Labute approximate surface area is 108 Å². The van der Waals surface area contributed by atoms with Gasteiger partial charge in [0, 0.05) is 13.2 Å². The monoisotopic (exact) mass is 248 g/mol. The second-order valence-electron chi connectivity index (χ2n) is 5.41. The van der Waals surface area contributed by atoms with Gasteiger partial charge in [-0.3, -0.25) is 0 Å². The zero-order valence-electron chi connectivity index (χ0n) is 11.0. The fraction of sp³-hybridized carbons (Fsp3) is 0.571. The van der Waals surface area contributed by atoms with E-state index in [1.807, 2.05) is 26.0 Å². The van der Waals surface area contributed by atoms with Crippen LogP contribution in [0.25, 0.3) is 0 Å². The van der Waals surface area contributed by atoms with Gasteiger partial charge in [0.05, 0.1) is 23.9 Å². The normalized spacial score (nSPS) is 25.7. The summed E-state index contributed by atoms with van der Waals surface area (Å²) in [5.41, 5.74) is 2.25. The third-order valence-corrected chi connectivity index (χ3v) is 3.50. The van der Waals surface area contributed by atoms with E-state index in [-0.39, 0.29) is 11.6 Å². The molecule has 1 atom stereocenters. The van der Waals surface area contributed by atoms with Crippen molar-refractivity contribution in [2.75, 3.05) is 30.4 Å². The van der Waals surface area contributed by atoms with Crippen molar-refractivity contribution >= 4 is 11.4 Å². The molecule has 0 bridgehead atoms. The van der Waals surface area contributed by atoms with Gasteiger partial charge in [0.2, 0.25) is 0 Å². The highest BCUT2D eigenvalue weighted by molar-refractivity contribution is 5.78. The zero-order chi connectivity index (χ0) is 12.6. The summed E-state index contributed by atoms with van der Waals surface area (Å²) in [6.45, 7) is 6.59. The van der Waals surface area contributed by atoms with Crippen molar-refractivity contribution in [2.45, 2.75) is 31.9 Å². The summed E-state index contributed by atoms with van der Waals surface area (Å²) in [7, 11) is 0. The number of rotatable bonds is 2. The van der Waals surface area contributed by atoms with E-state index in [4.69, 9.17) is 9.47 Å². The molecule has 1 aromatic carbocycles. The molecule has 1 saturated heterocycles. The maximum absolute atomic E-state index is 5.83. The smallest absolute Gasteiger partial charge is 0.144 e. The Morgan fingerprint density at radius 3 is 3.00 bits per heavy atom. The lowest BCUT2D eigenvalue weighted by atomic mass is 9.95. The topological polar surface area (TPSA) is 42.5 Å². The van der Waals surface area contributed by atoms with Gasteiger partial charge in [-0.15, -0.1) is 0 Å². The fourth-order valence-electron chi connectivity index (χ4n) is 2.60. The van der Waals surface area contributed by atoms with Gasteiger partial charge in [-0.05, 0) is 32.4 Å². The van der Waals surface area contributed by atoms with Crippen molar-refractivity contribution < 1.29 is 9.47 Å². The molecule has 2 N–H and O–H groups in total. The number of fused-ring (bicyclic) bond motifs is 1. The van der Waals surface area contributed by atoms with E-state index in [0.29, 0.717) is 0 Å². The van der Waals surface area contributed by atoms with E-state index < -0.39 is 0 Å².